The van der Waals surface area contributed by atoms with Crippen LogP contribution < -0.4 is 5.19 Å². The van der Waals surface area contributed by atoms with Crippen molar-refractivity contribution >= 4 is 46.4 Å². The van der Waals surface area contributed by atoms with Gasteiger partial charge in [-0.15, -0.1) is 54.1 Å². The van der Waals surface area contributed by atoms with E-state index in [-0.39, 0.29) is 31.9 Å². The van der Waals surface area contributed by atoms with Crippen LogP contribution >= 0.6 is 0 Å². The van der Waals surface area contributed by atoms with E-state index < -0.39 is 8.07 Å². The summed E-state index contributed by atoms with van der Waals surface area (Å²) in [6.45, 7) is 20.8. The zero-order valence-corrected chi connectivity index (χ0v) is 43.4. The fraction of sp³-hybridized carbons (Fsp3) is 0.217. The van der Waals surface area contributed by atoms with Crippen molar-refractivity contribution in [1.82, 2.24) is 19.5 Å². The van der Waals surface area contributed by atoms with E-state index in [1.807, 2.05) is 42.5 Å². The predicted molar refractivity (Wildman–Crippen MR) is 279 cm³/mol. The van der Waals surface area contributed by atoms with Gasteiger partial charge in [-0.3, -0.25) is 4.98 Å². The zero-order valence-electron chi connectivity index (χ0n) is 40.0. The topological polar surface area (TPSA) is 56.7 Å². The van der Waals surface area contributed by atoms with Crippen LogP contribution in [0.25, 0.3) is 83.8 Å². The van der Waals surface area contributed by atoms with Crippen molar-refractivity contribution in [1.29, 1.82) is 0 Å². The fourth-order valence-corrected chi connectivity index (χ4v) is 10.7. The molecular weight excluding hydrogens is 1010 g/mol. The van der Waals surface area contributed by atoms with Crippen LogP contribution in [0.2, 0.25) is 19.6 Å². The second kappa shape index (κ2) is 19.9. The number of fused-ring (bicyclic) bond motifs is 4. The monoisotopic (exact) mass is 1070 g/mol. The van der Waals surface area contributed by atoms with E-state index in [2.05, 4.69) is 198 Å². The van der Waals surface area contributed by atoms with Crippen molar-refractivity contribution in [3.63, 3.8) is 0 Å². The summed E-state index contributed by atoms with van der Waals surface area (Å²) in [7, 11) is -1.34. The Morgan fingerprint density at radius 2 is 1.27 bits per heavy atom. The van der Waals surface area contributed by atoms with Crippen molar-refractivity contribution < 1.29 is 24.5 Å². The third kappa shape index (κ3) is 9.78. The molecule has 0 aliphatic heterocycles. The number of imidazole rings is 1. The molecule has 0 spiro atoms. The number of hydrogen-bond acceptors (Lipinski definition) is 4. The predicted octanol–water partition coefficient (Wildman–Crippen LogP) is 15.7. The number of furan rings is 1. The Hall–Kier alpha value is -6.24. The van der Waals surface area contributed by atoms with Gasteiger partial charge in [-0.2, -0.15) is 0 Å². The van der Waals surface area contributed by atoms with E-state index in [0.717, 1.165) is 67.7 Å². The van der Waals surface area contributed by atoms with Crippen molar-refractivity contribution in [2.45, 2.75) is 79.4 Å². The molecule has 0 amide bonds. The molecule has 0 bridgehead atoms. The normalized spacial score (nSPS) is 11.7. The van der Waals surface area contributed by atoms with E-state index in [1.54, 1.807) is 0 Å². The van der Waals surface area contributed by atoms with Crippen LogP contribution in [0, 0.1) is 18.1 Å². The average Bonchev–Trinajstić information content (AvgIpc) is 3.90. The molecule has 0 saturated carbocycles. The van der Waals surface area contributed by atoms with Crippen molar-refractivity contribution in [3.8, 4) is 50.7 Å². The standard InChI is InChI=1S/C42H34N3O.C18H24NSi.Ir/c1-26(2)34-24-30(28-14-7-5-8-15-28)25-35(27(3)4)39(34)45-38-21-12-11-20-37(38)43-41(45)33-19-13-18-31-32-22-23-36(29-16-9-6-10-17-29)44-42(32)46-40(31)33;1-14(2)11-16-12-17(15-9-7-6-8-10-15)19-13-18(16)20(3,4)5;/h5-18,20-27H,1-4H3;6-9,12-14H,11H2,1-5H3;/q2*-1;. The van der Waals surface area contributed by atoms with Crippen molar-refractivity contribution in [2.75, 3.05) is 0 Å². The van der Waals surface area contributed by atoms with Gasteiger partial charge in [0.05, 0.1) is 36.2 Å². The molecule has 10 aromatic rings. The molecule has 0 aliphatic carbocycles. The van der Waals surface area contributed by atoms with Gasteiger partial charge in [0.1, 0.15) is 0 Å². The van der Waals surface area contributed by atoms with Crippen LogP contribution in [0.3, 0.4) is 0 Å². The van der Waals surface area contributed by atoms with Gasteiger partial charge < -0.3 is 14.0 Å². The zero-order chi connectivity index (χ0) is 46.1. The maximum Gasteiger partial charge on any atom is 0.216 e. The first-order valence-electron chi connectivity index (χ1n) is 23.3. The van der Waals surface area contributed by atoms with Crippen molar-refractivity contribution in [3.05, 3.63) is 187 Å². The van der Waals surface area contributed by atoms with E-state index in [4.69, 9.17) is 14.4 Å². The average molecular weight is 1070 g/mol. The van der Waals surface area contributed by atoms with Gasteiger partial charge in [-0.25, -0.2) is 4.98 Å². The molecule has 6 aromatic carbocycles. The Morgan fingerprint density at radius 3 is 1.91 bits per heavy atom. The second-order valence-corrected chi connectivity index (χ2v) is 24.4. The first-order valence-corrected chi connectivity index (χ1v) is 26.8. The Morgan fingerprint density at radius 1 is 0.612 bits per heavy atom. The molecule has 0 unspecified atom stereocenters. The third-order valence-corrected chi connectivity index (χ3v) is 14.4. The molecule has 0 N–H and O–H groups in total. The summed E-state index contributed by atoms with van der Waals surface area (Å²) in [4.78, 5) is 14.9. The van der Waals surface area contributed by atoms with Crippen LogP contribution in [-0.2, 0) is 26.5 Å². The van der Waals surface area contributed by atoms with Gasteiger partial charge in [-0.1, -0.05) is 157 Å². The molecule has 0 aliphatic rings. The Labute approximate surface area is 410 Å². The van der Waals surface area contributed by atoms with Gasteiger partial charge in [0.25, 0.3) is 0 Å². The van der Waals surface area contributed by atoms with E-state index >= 15 is 0 Å². The van der Waals surface area contributed by atoms with Crippen LogP contribution in [0.5, 0.6) is 0 Å². The van der Waals surface area contributed by atoms with Gasteiger partial charge in [-0.05, 0) is 93.7 Å². The largest absolute Gasteiger partial charge is 0.486 e. The minimum Gasteiger partial charge on any atom is -0.486 e. The number of aromatic nitrogens is 4. The van der Waals surface area contributed by atoms with E-state index in [0.29, 0.717) is 11.6 Å². The number of hydrogen-bond donors (Lipinski definition) is 0. The Kier molecular flexibility index (Phi) is 14.1. The maximum absolute atomic E-state index is 6.62. The molecule has 0 atom stereocenters. The fourth-order valence-electron chi connectivity index (χ4n) is 9.07. The number of benzene rings is 6. The molecule has 7 heteroatoms. The molecule has 1 radical (unpaired) electrons. The van der Waals surface area contributed by atoms with E-state index in [9.17, 15) is 0 Å². The number of rotatable bonds is 10. The third-order valence-electron chi connectivity index (χ3n) is 12.3. The van der Waals surface area contributed by atoms with Crippen LogP contribution in [0.15, 0.2) is 162 Å². The first-order chi connectivity index (χ1) is 31.9. The van der Waals surface area contributed by atoms with Crippen LogP contribution in [-0.4, -0.2) is 27.6 Å². The molecule has 5 nitrogen and oxygen atoms in total. The summed E-state index contributed by atoms with van der Waals surface area (Å²) in [6.07, 6.45) is 3.24. The quantitative estimate of drug-likeness (QED) is 0.101. The van der Waals surface area contributed by atoms with Crippen LogP contribution in [0.4, 0.5) is 0 Å². The van der Waals surface area contributed by atoms with E-state index in [1.165, 1.54) is 38.7 Å². The summed E-state index contributed by atoms with van der Waals surface area (Å²) >= 11 is 0. The minimum atomic E-state index is -1.34. The molecule has 339 valence electrons. The van der Waals surface area contributed by atoms with Crippen molar-refractivity contribution in [2.24, 2.45) is 5.92 Å². The smallest absolute Gasteiger partial charge is 0.216 e. The number of pyridine rings is 2. The summed E-state index contributed by atoms with van der Waals surface area (Å²) in [5.41, 5.74) is 15.9. The molecule has 67 heavy (non-hydrogen) atoms. The first kappa shape index (κ1) is 47.3. The molecule has 0 saturated heterocycles. The maximum atomic E-state index is 6.62. The Bertz CT molecular complexity index is 3260. The van der Waals surface area contributed by atoms with Gasteiger partial charge in [0.2, 0.25) is 5.71 Å². The molecule has 4 aromatic heterocycles. The molecule has 10 rings (SSSR count). The number of para-hydroxylation sites is 2. The van der Waals surface area contributed by atoms with Gasteiger partial charge >= 0.3 is 0 Å². The number of nitrogens with zero attached hydrogens (tertiary/aromatic N) is 4. The molecule has 0 fully saturated rings. The summed E-state index contributed by atoms with van der Waals surface area (Å²) in [5, 5.41) is 3.47. The minimum absolute atomic E-state index is 0. The second-order valence-electron chi connectivity index (χ2n) is 19.4. The Balaban J connectivity index is 0.000000244. The summed E-state index contributed by atoms with van der Waals surface area (Å²) in [6, 6.07) is 59.4. The summed E-state index contributed by atoms with van der Waals surface area (Å²) in [5.74, 6) is 2.03. The van der Waals surface area contributed by atoms with Crippen LogP contribution in [0.1, 0.15) is 70.1 Å². The molecule has 4 heterocycles. The molecular formula is C60H58IrN4OSi-2. The summed E-state index contributed by atoms with van der Waals surface area (Å²) < 4.78 is 8.97. The van der Waals surface area contributed by atoms with Gasteiger partial charge in [0, 0.05) is 42.9 Å². The van der Waals surface area contributed by atoms with Gasteiger partial charge in [0.15, 0.2) is 0 Å². The SMILES string of the molecule is CC(C)Cc1cc(-c2[c-]cccc2)ncc1[Si](C)(C)C.CC(C)c1cc(-c2ccccc2)cc(C(C)C)c1-n1c(-c2[c-]ccc3c2oc2nc(-c4ccccc4)ccc23)nc2ccccc21.[Ir].